The molecule has 0 unspecified atom stereocenters. The highest BCUT2D eigenvalue weighted by Crippen LogP contribution is 2.25. The lowest BCUT2D eigenvalue weighted by atomic mass is 10.1. The highest BCUT2D eigenvalue weighted by atomic mass is 16.6. The Labute approximate surface area is 161 Å². The second-order valence-corrected chi connectivity index (χ2v) is 6.08. The standard InChI is InChI=1S/C19H18N4O5/c1-12(18(24)21-14-6-4-13(11-20)5-7-14)28-19(25)16-10-15(23(26)27)8-9-17(16)22(2)3/h4-10,12H,1-3H3,(H,21,24)/t12-/m0/s1. The highest BCUT2D eigenvalue weighted by Gasteiger charge is 2.24. The number of anilines is 2. The minimum absolute atomic E-state index is 0.0165. The highest BCUT2D eigenvalue weighted by molar-refractivity contribution is 6.00. The van der Waals surface area contributed by atoms with E-state index >= 15 is 0 Å². The van der Waals surface area contributed by atoms with E-state index in [9.17, 15) is 19.7 Å². The van der Waals surface area contributed by atoms with Crippen molar-refractivity contribution in [3.8, 4) is 6.07 Å². The van der Waals surface area contributed by atoms with Crippen LogP contribution in [-0.2, 0) is 9.53 Å². The molecule has 2 aromatic carbocycles. The first-order valence-electron chi connectivity index (χ1n) is 8.20. The zero-order valence-electron chi connectivity index (χ0n) is 15.5. The van der Waals surface area contributed by atoms with Crippen LogP contribution >= 0.6 is 0 Å². The molecule has 2 rings (SSSR count). The number of nitrogens with one attached hydrogen (secondary N) is 1. The van der Waals surface area contributed by atoms with Crippen molar-refractivity contribution >= 4 is 28.9 Å². The molecule has 28 heavy (non-hydrogen) atoms. The van der Waals surface area contributed by atoms with Gasteiger partial charge in [0.15, 0.2) is 6.10 Å². The Morgan fingerprint density at radius 3 is 2.39 bits per heavy atom. The molecule has 0 fully saturated rings. The molecule has 1 atom stereocenters. The molecular weight excluding hydrogens is 364 g/mol. The van der Waals surface area contributed by atoms with Crippen LogP contribution in [0, 0.1) is 21.4 Å². The fraction of sp³-hybridized carbons (Fsp3) is 0.211. The van der Waals surface area contributed by atoms with E-state index in [4.69, 9.17) is 10.00 Å². The molecule has 0 aliphatic rings. The van der Waals surface area contributed by atoms with Gasteiger partial charge in [-0.3, -0.25) is 14.9 Å². The summed E-state index contributed by atoms with van der Waals surface area (Å²) in [4.78, 5) is 36.8. The molecule has 1 N–H and O–H groups in total. The minimum Gasteiger partial charge on any atom is -0.449 e. The van der Waals surface area contributed by atoms with Gasteiger partial charge < -0.3 is 15.0 Å². The second-order valence-electron chi connectivity index (χ2n) is 6.08. The summed E-state index contributed by atoms with van der Waals surface area (Å²) in [5, 5.41) is 22.3. The monoisotopic (exact) mass is 382 g/mol. The van der Waals surface area contributed by atoms with Crippen molar-refractivity contribution in [2.24, 2.45) is 0 Å². The van der Waals surface area contributed by atoms with E-state index < -0.39 is 22.9 Å². The molecule has 0 aliphatic carbocycles. The predicted molar refractivity (Wildman–Crippen MR) is 102 cm³/mol. The summed E-state index contributed by atoms with van der Waals surface area (Å²) in [5.74, 6) is -1.43. The van der Waals surface area contributed by atoms with E-state index in [0.29, 0.717) is 16.9 Å². The third-order valence-electron chi connectivity index (χ3n) is 3.83. The van der Waals surface area contributed by atoms with Gasteiger partial charge in [-0.05, 0) is 37.3 Å². The molecule has 2 aromatic rings. The van der Waals surface area contributed by atoms with Crippen molar-refractivity contribution in [3.63, 3.8) is 0 Å². The van der Waals surface area contributed by atoms with Gasteiger partial charge in [-0.1, -0.05) is 0 Å². The van der Waals surface area contributed by atoms with Crippen LogP contribution in [0.5, 0.6) is 0 Å². The third-order valence-corrected chi connectivity index (χ3v) is 3.83. The molecular formula is C19H18N4O5. The van der Waals surface area contributed by atoms with Gasteiger partial charge in [-0.2, -0.15) is 5.26 Å². The van der Waals surface area contributed by atoms with Crippen LogP contribution in [0.1, 0.15) is 22.8 Å². The SMILES string of the molecule is C[C@H](OC(=O)c1cc([N+](=O)[O-])ccc1N(C)C)C(=O)Nc1ccc(C#N)cc1. The number of esters is 1. The molecule has 0 spiro atoms. The van der Waals surface area contributed by atoms with Gasteiger partial charge in [0, 0.05) is 31.9 Å². The van der Waals surface area contributed by atoms with Crippen LogP contribution < -0.4 is 10.2 Å². The first kappa shape index (κ1) is 20.4. The Bertz CT molecular complexity index is 948. The molecule has 0 radical (unpaired) electrons. The Hall–Kier alpha value is -3.93. The van der Waals surface area contributed by atoms with Crippen molar-refractivity contribution in [2.45, 2.75) is 13.0 Å². The molecule has 144 valence electrons. The first-order valence-corrected chi connectivity index (χ1v) is 8.20. The van der Waals surface area contributed by atoms with Crippen LogP contribution in [-0.4, -0.2) is 37.0 Å². The smallest absolute Gasteiger partial charge is 0.341 e. The van der Waals surface area contributed by atoms with Gasteiger partial charge in [0.1, 0.15) is 0 Å². The quantitative estimate of drug-likeness (QED) is 0.462. The van der Waals surface area contributed by atoms with E-state index in [-0.39, 0.29) is 11.3 Å². The number of ether oxygens (including phenoxy) is 1. The average molecular weight is 382 g/mol. The topological polar surface area (TPSA) is 126 Å². The van der Waals surface area contributed by atoms with Gasteiger partial charge in [0.25, 0.3) is 11.6 Å². The Balaban J connectivity index is 2.14. The summed E-state index contributed by atoms with van der Waals surface area (Å²) in [7, 11) is 3.36. The molecule has 9 nitrogen and oxygen atoms in total. The van der Waals surface area contributed by atoms with Crippen LogP contribution in [0.2, 0.25) is 0 Å². The van der Waals surface area contributed by atoms with E-state index in [0.717, 1.165) is 6.07 Å². The Kier molecular flexibility index (Phi) is 6.29. The van der Waals surface area contributed by atoms with Crippen LogP contribution in [0.15, 0.2) is 42.5 Å². The Morgan fingerprint density at radius 2 is 1.86 bits per heavy atom. The number of carbonyl (C=O) groups is 2. The number of carbonyl (C=O) groups excluding carboxylic acids is 2. The van der Waals surface area contributed by atoms with Crippen molar-refractivity contribution in [1.82, 2.24) is 0 Å². The molecule has 0 bridgehead atoms. The lowest BCUT2D eigenvalue weighted by Crippen LogP contribution is -2.30. The zero-order chi connectivity index (χ0) is 20.8. The lowest BCUT2D eigenvalue weighted by Gasteiger charge is -2.18. The van der Waals surface area contributed by atoms with Crippen molar-refractivity contribution in [1.29, 1.82) is 5.26 Å². The maximum atomic E-state index is 12.5. The summed E-state index contributed by atoms with van der Waals surface area (Å²) in [6.45, 7) is 1.39. The van der Waals surface area contributed by atoms with Crippen LogP contribution in [0.25, 0.3) is 0 Å². The number of rotatable bonds is 6. The summed E-state index contributed by atoms with van der Waals surface area (Å²) in [5.41, 5.74) is 1.04. The van der Waals surface area contributed by atoms with Gasteiger partial charge in [0.2, 0.25) is 0 Å². The van der Waals surface area contributed by atoms with E-state index in [1.807, 2.05) is 6.07 Å². The number of amides is 1. The van der Waals surface area contributed by atoms with Gasteiger partial charge in [0.05, 0.1) is 27.8 Å². The number of hydrogen-bond donors (Lipinski definition) is 1. The number of hydrogen-bond acceptors (Lipinski definition) is 7. The maximum absolute atomic E-state index is 12.5. The molecule has 9 heteroatoms. The predicted octanol–water partition coefficient (Wildman–Crippen LogP) is 2.72. The minimum atomic E-state index is -1.14. The number of nitro benzene ring substituents is 1. The molecule has 0 saturated heterocycles. The summed E-state index contributed by atoms with van der Waals surface area (Å²) in [6.07, 6.45) is -1.14. The van der Waals surface area contributed by atoms with E-state index in [2.05, 4.69) is 5.32 Å². The van der Waals surface area contributed by atoms with Gasteiger partial charge >= 0.3 is 5.97 Å². The molecule has 1 amide bonds. The van der Waals surface area contributed by atoms with Gasteiger partial charge in [-0.25, -0.2) is 4.79 Å². The number of non-ortho nitro benzene ring substituents is 1. The van der Waals surface area contributed by atoms with Gasteiger partial charge in [-0.15, -0.1) is 0 Å². The van der Waals surface area contributed by atoms with Crippen molar-refractivity contribution in [2.75, 3.05) is 24.3 Å². The first-order chi connectivity index (χ1) is 13.2. The summed E-state index contributed by atoms with van der Waals surface area (Å²) in [6, 6.07) is 12.0. The normalized spacial score (nSPS) is 11.1. The third kappa shape index (κ3) is 4.82. The van der Waals surface area contributed by atoms with E-state index in [1.54, 1.807) is 43.3 Å². The maximum Gasteiger partial charge on any atom is 0.341 e. The van der Waals surface area contributed by atoms with E-state index in [1.165, 1.54) is 19.1 Å². The average Bonchev–Trinajstić information content (AvgIpc) is 2.67. The Morgan fingerprint density at radius 1 is 1.21 bits per heavy atom. The largest absolute Gasteiger partial charge is 0.449 e. The molecule has 0 aliphatic heterocycles. The molecule has 0 aromatic heterocycles. The van der Waals surface area contributed by atoms with Crippen LogP contribution in [0.4, 0.5) is 17.1 Å². The zero-order valence-corrected chi connectivity index (χ0v) is 15.5. The second kappa shape index (κ2) is 8.64. The summed E-state index contributed by atoms with van der Waals surface area (Å²) < 4.78 is 5.19. The number of benzene rings is 2. The number of nitro groups is 1. The lowest BCUT2D eigenvalue weighted by molar-refractivity contribution is -0.384. The fourth-order valence-corrected chi connectivity index (χ4v) is 2.34. The summed E-state index contributed by atoms with van der Waals surface area (Å²) >= 11 is 0. The molecule has 0 heterocycles. The van der Waals surface area contributed by atoms with Crippen molar-refractivity contribution < 1.29 is 19.2 Å². The fourth-order valence-electron chi connectivity index (χ4n) is 2.34. The number of nitrogens with zero attached hydrogens (tertiary/aromatic N) is 3. The van der Waals surface area contributed by atoms with Crippen LogP contribution in [0.3, 0.4) is 0 Å². The number of nitriles is 1. The van der Waals surface area contributed by atoms with Crippen molar-refractivity contribution in [3.05, 3.63) is 63.7 Å². The molecule has 0 saturated carbocycles.